The highest BCUT2D eigenvalue weighted by Gasteiger charge is 2.37. The fraction of sp³-hybridized carbons (Fsp3) is 0.267. The van der Waals surface area contributed by atoms with Gasteiger partial charge in [-0.15, -0.1) is 0 Å². The van der Waals surface area contributed by atoms with Gasteiger partial charge in [0.15, 0.2) is 23.3 Å². The Morgan fingerprint density at radius 2 is 1.74 bits per heavy atom. The summed E-state index contributed by atoms with van der Waals surface area (Å²) in [4.78, 5) is 36.0. The highest BCUT2D eigenvalue weighted by atomic mass is 19.2. The Bertz CT molecular complexity index is 842. The van der Waals surface area contributed by atoms with Crippen LogP contribution in [0.5, 0.6) is 0 Å². The summed E-state index contributed by atoms with van der Waals surface area (Å²) >= 11 is 0. The second-order valence-electron chi connectivity index (χ2n) is 5.29. The van der Waals surface area contributed by atoms with Gasteiger partial charge in [-0.25, -0.2) is 22.4 Å². The molecule has 1 aliphatic heterocycles. The number of carbonyl (C=O) groups is 3. The molecule has 8 nitrogen and oxygen atoms in total. The summed E-state index contributed by atoms with van der Waals surface area (Å²) in [5.41, 5.74) is 0.550. The fourth-order valence-electron chi connectivity index (χ4n) is 2.43. The number of primary amides is 1. The number of nitrogens with one attached hydrogen (secondary N) is 1. The van der Waals surface area contributed by atoms with Gasteiger partial charge >= 0.3 is 5.97 Å². The first-order valence-corrected chi connectivity index (χ1v) is 7.30. The van der Waals surface area contributed by atoms with E-state index < -0.39 is 64.6 Å². The molecule has 0 fully saturated rings. The number of ether oxygens (including phenoxy) is 1. The number of amides is 2. The molecule has 27 heavy (non-hydrogen) atoms. The first-order valence-electron chi connectivity index (χ1n) is 7.30. The summed E-state index contributed by atoms with van der Waals surface area (Å²) in [5.74, 6) is -11.9. The zero-order chi connectivity index (χ0) is 20.5. The molecule has 0 atom stereocenters. The minimum atomic E-state index is -2.07. The van der Waals surface area contributed by atoms with E-state index >= 15 is 0 Å². The van der Waals surface area contributed by atoms with Crippen molar-refractivity contribution in [3.05, 3.63) is 40.1 Å². The van der Waals surface area contributed by atoms with Crippen molar-refractivity contribution < 1.29 is 41.8 Å². The van der Waals surface area contributed by atoms with Crippen LogP contribution in [0.3, 0.4) is 0 Å². The van der Waals surface area contributed by atoms with Gasteiger partial charge in [0.2, 0.25) is 0 Å². The van der Waals surface area contributed by atoms with Crippen molar-refractivity contribution in [1.82, 2.24) is 4.90 Å². The molecule has 0 aromatic heterocycles. The van der Waals surface area contributed by atoms with E-state index in [1.54, 1.807) is 0 Å². The highest BCUT2D eigenvalue weighted by Crippen LogP contribution is 2.31. The molecule has 0 spiro atoms. The van der Waals surface area contributed by atoms with E-state index in [0.717, 1.165) is 12.0 Å². The lowest BCUT2D eigenvalue weighted by molar-refractivity contribution is -0.136. The smallest absolute Gasteiger partial charge is 0.337 e. The van der Waals surface area contributed by atoms with Crippen molar-refractivity contribution in [3.63, 3.8) is 0 Å². The molecule has 2 rings (SSSR count). The lowest BCUT2D eigenvalue weighted by atomic mass is 10.1. The zero-order valence-corrected chi connectivity index (χ0v) is 13.7. The standard InChI is InChI=1S/C15H13F4N3O5/c1-27-15(26)5-4-22(2-3-23)14(25)11(5)21-12-9(18)7(16)6(13(20)24)8(17)10(12)19/h21,23H,2-4H2,1H3,(H2,20,24). The molecule has 1 aromatic rings. The van der Waals surface area contributed by atoms with E-state index in [4.69, 9.17) is 10.8 Å². The monoisotopic (exact) mass is 391 g/mol. The quantitative estimate of drug-likeness (QED) is 0.357. The minimum Gasteiger partial charge on any atom is -0.466 e. The summed E-state index contributed by atoms with van der Waals surface area (Å²) in [6, 6.07) is 0. The van der Waals surface area contributed by atoms with Crippen LogP contribution in [-0.4, -0.2) is 54.6 Å². The van der Waals surface area contributed by atoms with Crippen LogP contribution in [0, 0.1) is 23.3 Å². The molecule has 12 heteroatoms. The number of esters is 1. The molecule has 2 amide bonds. The van der Waals surface area contributed by atoms with Crippen LogP contribution < -0.4 is 11.1 Å². The normalized spacial score (nSPS) is 14.0. The maximum absolute atomic E-state index is 14.1. The van der Waals surface area contributed by atoms with Crippen molar-refractivity contribution in [2.45, 2.75) is 0 Å². The maximum atomic E-state index is 14.1. The van der Waals surface area contributed by atoms with Crippen molar-refractivity contribution in [2.24, 2.45) is 5.73 Å². The third-order valence-corrected chi connectivity index (χ3v) is 3.71. The number of rotatable bonds is 6. The maximum Gasteiger partial charge on any atom is 0.337 e. The SMILES string of the molecule is COC(=O)C1=C(Nc2c(F)c(F)c(C(N)=O)c(F)c2F)C(=O)N(CCO)C1. The lowest BCUT2D eigenvalue weighted by Crippen LogP contribution is -2.31. The third-order valence-electron chi connectivity index (χ3n) is 3.71. The van der Waals surface area contributed by atoms with E-state index in [1.165, 1.54) is 0 Å². The van der Waals surface area contributed by atoms with Gasteiger partial charge in [0.25, 0.3) is 11.8 Å². The van der Waals surface area contributed by atoms with Gasteiger partial charge in [0, 0.05) is 6.54 Å². The number of nitrogens with zero attached hydrogens (tertiary/aromatic N) is 1. The first kappa shape index (κ1) is 20.2. The van der Waals surface area contributed by atoms with E-state index in [-0.39, 0.29) is 18.7 Å². The predicted molar refractivity (Wildman–Crippen MR) is 81.1 cm³/mol. The Balaban J connectivity index is 2.58. The van der Waals surface area contributed by atoms with Gasteiger partial charge < -0.3 is 25.8 Å². The number of hydrogen-bond donors (Lipinski definition) is 3. The van der Waals surface area contributed by atoms with Crippen molar-refractivity contribution in [2.75, 3.05) is 32.1 Å². The second-order valence-corrected chi connectivity index (χ2v) is 5.29. The van der Waals surface area contributed by atoms with Crippen LogP contribution in [0.25, 0.3) is 0 Å². The Kier molecular flexibility index (Phi) is 5.69. The summed E-state index contributed by atoms with van der Waals surface area (Å²) in [6.07, 6.45) is 0. The number of carbonyl (C=O) groups excluding carboxylic acids is 3. The van der Waals surface area contributed by atoms with Crippen molar-refractivity contribution >= 4 is 23.5 Å². The molecule has 0 unspecified atom stereocenters. The molecule has 0 bridgehead atoms. The Morgan fingerprint density at radius 1 is 1.19 bits per heavy atom. The molecule has 0 saturated carbocycles. The van der Waals surface area contributed by atoms with E-state index in [0.29, 0.717) is 0 Å². The van der Waals surface area contributed by atoms with Gasteiger partial charge in [0.1, 0.15) is 16.9 Å². The number of β-amino-alcohol motifs (C(OH)–C–C–N with tert-alkyl or cyclic N) is 1. The predicted octanol–water partition coefficient (Wildman–Crippen LogP) is 0.0154. The molecule has 0 saturated heterocycles. The fourth-order valence-corrected chi connectivity index (χ4v) is 2.43. The first-order chi connectivity index (χ1) is 12.6. The second kappa shape index (κ2) is 7.61. The Hall–Kier alpha value is -3.15. The van der Waals surface area contributed by atoms with Gasteiger partial charge in [-0.05, 0) is 0 Å². The van der Waals surface area contributed by atoms with E-state index in [2.05, 4.69) is 4.74 Å². The Morgan fingerprint density at radius 3 is 2.19 bits per heavy atom. The van der Waals surface area contributed by atoms with Crippen LogP contribution >= 0.6 is 0 Å². The Labute approximate surface area is 149 Å². The molecule has 146 valence electrons. The summed E-state index contributed by atoms with van der Waals surface area (Å²) in [5, 5.41) is 10.8. The minimum absolute atomic E-state index is 0.223. The molecule has 1 heterocycles. The lowest BCUT2D eigenvalue weighted by Gasteiger charge is -2.16. The average Bonchev–Trinajstić information content (AvgIpc) is 2.92. The van der Waals surface area contributed by atoms with Crippen LogP contribution in [0.1, 0.15) is 10.4 Å². The molecule has 0 aliphatic carbocycles. The van der Waals surface area contributed by atoms with Gasteiger partial charge in [-0.2, -0.15) is 0 Å². The summed E-state index contributed by atoms with van der Waals surface area (Å²) < 4.78 is 60.5. The van der Waals surface area contributed by atoms with Crippen LogP contribution in [0.2, 0.25) is 0 Å². The number of methoxy groups -OCH3 is 1. The third kappa shape index (κ3) is 3.43. The number of aliphatic hydroxyl groups excluding tert-OH is 1. The number of hydrogen-bond acceptors (Lipinski definition) is 6. The highest BCUT2D eigenvalue weighted by molar-refractivity contribution is 6.08. The molecule has 4 N–H and O–H groups in total. The molecule has 1 aliphatic rings. The molecule has 0 radical (unpaired) electrons. The summed E-state index contributed by atoms with van der Waals surface area (Å²) in [6.45, 7) is -1.08. The topological polar surface area (TPSA) is 122 Å². The van der Waals surface area contributed by atoms with Crippen molar-refractivity contribution in [3.8, 4) is 0 Å². The average molecular weight is 391 g/mol. The van der Waals surface area contributed by atoms with Gasteiger partial charge in [-0.1, -0.05) is 0 Å². The van der Waals surface area contributed by atoms with Crippen LogP contribution in [0.15, 0.2) is 11.3 Å². The largest absolute Gasteiger partial charge is 0.466 e. The molecular weight excluding hydrogens is 378 g/mol. The van der Waals surface area contributed by atoms with Crippen LogP contribution in [0.4, 0.5) is 23.2 Å². The summed E-state index contributed by atoms with van der Waals surface area (Å²) in [7, 11) is 0.980. The number of nitrogens with two attached hydrogens (primary N) is 1. The van der Waals surface area contributed by atoms with Crippen LogP contribution in [-0.2, 0) is 14.3 Å². The number of anilines is 1. The number of benzene rings is 1. The van der Waals surface area contributed by atoms with E-state index in [1.807, 2.05) is 5.32 Å². The van der Waals surface area contributed by atoms with Gasteiger partial charge in [-0.3, -0.25) is 9.59 Å². The van der Waals surface area contributed by atoms with Gasteiger partial charge in [0.05, 0.1) is 25.8 Å². The number of aliphatic hydroxyl groups is 1. The molecule has 1 aromatic carbocycles. The number of halogens is 4. The zero-order valence-electron chi connectivity index (χ0n) is 13.7. The molecular formula is C15H13F4N3O5. The van der Waals surface area contributed by atoms with E-state index in [9.17, 15) is 31.9 Å². The van der Waals surface area contributed by atoms with Crippen molar-refractivity contribution in [1.29, 1.82) is 0 Å².